The van der Waals surface area contributed by atoms with Gasteiger partial charge in [-0.05, 0) is 67.1 Å². The summed E-state index contributed by atoms with van der Waals surface area (Å²) in [6.07, 6.45) is 6.90. The van der Waals surface area contributed by atoms with Gasteiger partial charge in [0.25, 0.3) is 5.91 Å². The molecule has 0 spiro atoms. The standard InChI is InChI=1S/C29H30FN6O3Si/c1-4-27(37)35-15-14-34(18-21(35)3)19-40(24-11-6-20(2)25(30)16-24)39-23-9-7-22(8-10-23)29(38)33-26-17-32-36-13-5-12-31-28(26)36/h4-13,16-17,21H,1,14-15,18-19H2,2-3H3,(H,33,38)/t21-/m1/s1. The summed E-state index contributed by atoms with van der Waals surface area (Å²) in [5, 5.41) is 7.85. The summed E-state index contributed by atoms with van der Waals surface area (Å²) in [6.45, 7) is 9.31. The lowest BCUT2D eigenvalue weighted by atomic mass is 10.2. The van der Waals surface area contributed by atoms with Gasteiger partial charge in [-0.25, -0.2) is 13.9 Å². The second-order valence-corrected chi connectivity index (χ2v) is 11.7. The van der Waals surface area contributed by atoms with Crippen molar-refractivity contribution in [2.75, 3.05) is 31.1 Å². The van der Waals surface area contributed by atoms with Crippen LogP contribution in [0.4, 0.5) is 10.1 Å². The number of benzene rings is 2. The Morgan fingerprint density at radius 1 is 1.23 bits per heavy atom. The molecule has 4 aromatic rings. The minimum absolute atomic E-state index is 0.0263. The first-order valence-electron chi connectivity index (χ1n) is 13.0. The van der Waals surface area contributed by atoms with Crippen molar-refractivity contribution < 1.29 is 18.4 Å². The Morgan fingerprint density at radius 2 is 2.02 bits per heavy atom. The van der Waals surface area contributed by atoms with Gasteiger partial charge in [0.15, 0.2) is 5.65 Å². The van der Waals surface area contributed by atoms with E-state index in [0.717, 1.165) is 5.19 Å². The summed E-state index contributed by atoms with van der Waals surface area (Å²) in [7, 11) is -1.73. The predicted molar refractivity (Wildman–Crippen MR) is 152 cm³/mol. The van der Waals surface area contributed by atoms with Crippen molar-refractivity contribution in [1.29, 1.82) is 0 Å². The van der Waals surface area contributed by atoms with Crippen molar-refractivity contribution in [3.8, 4) is 5.75 Å². The lowest BCUT2D eigenvalue weighted by molar-refractivity contribution is -0.130. The number of carbonyl (C=O) groups excluding carboxylic acids is 2. The molecule has 1 atom stereocenters. The predicted octanol–water partition coefficient (Wildman–Crippen LogP) is 2.96. The van der Waals surface area contributed by atoms with E-state index in [-0.39, 0.29) is 23.7 Å². The SMILES string of the molecule is C=CC(=O)N1CCN(C[Si](Oc2ccc(C(=O)Nc3cnn4cccnc34)cc2)c2ccc(C)c(F)c2)C[C@H]1C. The average Bonchev–Trinajstić information content (AvgIpc) is 3.37. The number of anilines is 1. The minimum Gasteiger partial charge on any atom is -0.536 e. The fourth-order valence-electron chi connectivity index (χ4n) is 4.70. The number of hydrogen-bond acceptors (Lipinski definition) is 6. The van der Waals surface area contributed by atoms with Gasteiger partial charge in [-0.2, -0.15) is 5.10 Å². The molecule has 1 N–H and O–H groups in total. The van der Waals surface area contributed by atoms with Gasteiger partial charge in [-0.3, -0.25) is 14.5 Å². The molecular formula is C29H30FN6O3Si. The molecule has 2 aromatic carbocycles. The summed E-state index contributed by atoms with van der Waals surface area (Å²) in [4.78, 5) is 33.4. The lowest BCUT2D eigenvalue weighted by Crippen LogP contribution is -2.57. The molecule has 0 saturated carbocycles. The van der Waals surface area contributed by atoms with Gasteiger partial charge < -0.3 is 14.6 Å². The molecule has 1 radical (unpaired) electrons. The third kappa shape index (κ3) is 5.95. The van der Waals surface area contributed by atoms with E-state index in [9.17, 15) is 14.0 Å². The van der Waals surface area contributed by atoms with E-state index >= 15 is 0 Å². The zero-order chi connectivity index (χ0) is 28.2. The summed E-state index contributed by atoms with van der Waals surface area (Å²) in [5.41, 5.74) is 2.10. The molecule has 9 nitrogen and oxygen atoms in total. The number of rotatable bonds is 8. The van der Waals surface area contributed by atoms with E-state index in [0.29, 0.717) is 54.0 Å². The summed E-state index contributed by atoms with van der Waals surface area (Å²) in [6, 6.07) is 13.9. The number of amides is 2. The molecule has 3 heterocycles. The highest BCUT2D eigenvalue weighted by Crippen LogP contribution is 2.19. The molecule has 11 heteroatoms. The van der Waals surface area contributed by atoms with Crippen LogP contribution in [-0.2, 0) is 4.79 Å². The van der Waals surface area contributed by atoms with Crippen molar-refractivity contribution in [2.45, 2.75) is 19.9 Å². The van der Waals surface area contributed by atoms with Gasteiger partial charge in [-0.15, -0.1) is 0 Å². The van der Waals surface area contributed by atoms with Crippen LogP contribution in [0.5, 0.6) is 5.75 Å². The third-order valence-electron chi connectivity index (χ3n) is 6.92. The number of halogens is 1. The van der Waals surface area contributed by atoms with Gasteiger partial charge in [0.2, 0.25) is 5.91 Å². The second kappa shape index (κ2) is 11.8. The Kier molecular flexibility index (Phi) is 8.03. The van der Waals surface area contributed by atoms with Crippen molar-refractivity contribution in [3.63, 3.8) is 0 Å². The number of fused-ring (bicyclic) bond motifs is 1. The topological polar surface area (TPSA) is 92.1 Å². The fourth-order valence-corrected chi connectivity index (χ4v) is 6.74. The zero-order valence-corrected chi connectivity index (χ0v) is 23.4. The number of nitrogens with zero attached hydrogens (tertiary/aromatic N) is 5. The Balaban J connectivity index is 1.30. The van der Waals surface area contributed by atoms with Crippen LogP contribution in [0.2, 0.25) is 0 Å². The minimum atomic E-state index is -1.73. The number of aryl methyl sites for hydroxylation is 1. The van der Waals surface area contributed by atoms with E-state index in [1.54, 1.807) is 72.5 Å². The first-order chi connectivity index (χ1) is 19.3. The van der Waals surface area contributed by atoms with Crippen LogP contribution in [-0.4, -0.2) is 77.1 Å². The summed E-state index contributed by atoms with van der Waals surface area (Å²) in [5.74, 6) is -0.0409. The fraction of sp³-hybridized carbons (Fsp3) is 0.241. The molecule has 1 fully saturated rings. The highest BCUT2D eigenvalue weighted by Gasteiger charge is 2.30. The highest BCUT2D eigenvalue weighted by molar-refractivity contribution is 6.68. The van der Waals surface area contributed by atoms with Gasteiger partial charge in [-0.1, -0.05) is 18.7 Å². The first-order valence-corrected chi connectivity index (χ1v) is 14.6. The molecule has 0 unspecified atom stereocenters. The largest absolute Gasteiger partial charge is 0.536 e. The second-order valence-electron chi connectivity index (χ2n) is 9.73. The normalized spacial score (nSPS) is 15.8. The smallest absolute Gasteiger partial charge is 0.331 e. The Labute approximate surface area is 233 Å². The number of piperazine rings is 1. The van der Waals surface area contributed by atoms with Gasteiger partial charge >= 0.3 is 9.04 Å². The first kappa shape index (κ1) is 27.2. The summed E-state index contributed by atoms with van der Waals surface area (Å²) >= 11 is 0. The van der Waals surface area contributed by atoms with Crippen molar-refractivity contribution in [2.24, 2.45) is 0 Å². The molecule has 1 aliphatic heterocycles. The molecule has 0 aliphatic carbocycles. The monoisotopic (exact) mass is 557 g/mol. The number of nitrogens with one attached hydrogen (secondary N) is 1. The molecular weight excluding hydrogens is 527 g/mol. The molecule has 5 rings (SSSR count). The Morgan fingerprint density at radius 3 is 2.75 bits per heavy atom. The molecule has 205 valence electrons. The van der Waals surface area contributed by atoms with E-state index in [1.807, 2.05) is 17.9 Å². The molecule has 2 amide bonds. The maximum atomic E-state index is 14.5. The molecule has 0 bridgehead atoms. The Bertz CT molecular complexity index is 1540. The number of aromatic nitrogens is 3. The lowest BCUT2D eigenvalue weighted by Gasteiger charge is -2.40. The number of hydrogen-bond donors (Lipinski definition) is 1. The molecule has 1 aliphatic rings. The average molecular weight is 558 g/mol. The van der Waals surface area contributed by atoms with Crippen LogP contribution in [0.15, 0.2) is 79.8 Å². The Hall–Kier alpha value is -4.35. The zero-order valence-electron chi connectivity index (χ0n) is 22.4. The van der Waals surface area contributed by atoms with E-state index < -0.39 is 9.04 Å². The van der Waals surface area contributed by atoms with E-state index in [2.05, 4.69) is 26.9 Å². The van der Waals surface area contributed by atoms with Crippen LogP contribution in [0.3, 0.4) is 0 Å². The summed E-state index contributed by atoms with van der Waals surface area (Å²) < 4.78 is 22.6. The quantitative estimate of drug-likeness (QED) is 0.265. The van der Waals surface area contributed by atoms with Gasteiger partial charge in [0, 0.05) is 49.8 Å². The van der Waals surface area contributed by atoms with Crippen LogP contribution in [0.1, 0.15) is 22.8 Å². The highest BCUT2D eigenvalue weighted by atomic mass is 28.3. The third-order valence-corrected chi connectivity index (χ3v) is 9.09. The van der Waals surface area contributed by atoms with Crippen molar-refractivity contribution in [1.82, 2.24) is 24.4 Å². The van der Waals surface area contributed by atoms with E-state index in [4.69, 9.17) is 4.43 Å². The maximum Gasteiger partial charge on any atom is 0.331 e. The number of carbonyl (C=O) groups is 2. The van der Waals surface area contributed by atoms with Crippen LogP contribution in [0, 0.1) is 12.7 Å². The van der Waals surface area contributed by atoms with Crippen molar-refractivity contribution >= 4 is 37.4 Å². The maximum absolute atomic E-state index is 14.5. The van der Waals surface area contributed by atoms with Crippen molar-refractivity contribution in [3.05, 3.63) is 96.7 Å². The molecule has 40 heavy (non-hydrogen) atoms. The van der Waals surface area contributed by atoms with Crippen LogP contribution < -0.4 is 14.9 Å². The molecule has 1 saturated heterocycles. The molecule has 2 aromatic heterocycles. The van der Waals surface area contributed by atoms with Gasteiger partial charge in [0.05, 0.1) is 6.20 Å². The van der Waals surface area contributed by atoms with Crippen LogP contribution >= 0.6 is 0 Å². The van der Waals surface area contributed by atoms with E-state index in [1.165, 1.54) is 6.08 Å². The van der Waals surface area contributed by atoms with Crippen LogP contribution in [0.25, 0.3) is 5.65 Å². The van der Waals surface area contributed by atoms with Gasteiger partial charge in [0.1, 0.15) is 17.3 Å².